The zero-order valence-electron chi connectivity index (χ0n) is 29.3. The van der Waals surface area contributed by atoms with Gasteiger partial charge in [0.15, 0.2) is 13.9 Å². The Kier molecular flexibility index (Phi) is 9.31. The third-order valence-electron chi connectivity index (χ3n) is 10.4. The number of fused-ring (bicyclic) bond motifs is 3. The van der Waals surface area contributed by atoms with Crippen LogP contribution in [0, 0.1) is 5.92 Å². The van der Waals surface area contributed by atoms with Crippen molar-refractivity contribution in [3.63, 3.8) is 0 Å². The van der Waals surface area contributed by atoms with Crippen molar-refractivity contribution < 1.29 is 29.0 Å². The van der Waals surface area contributed by atoms with E-state index in [1.807, 2.05) is 99.1 Å². The minimum absolute atomic E-state index is 0.0109. The summed E-state index contributed by atoms with van der Waals surface area (Å²) in [4.78, 5) is 44.6. The number of aromatic amines is 1. The molecule has 2 amide bonds. The van der Waals surface area contributed by atoms with E-state index < -0.39 is 20.0 Å². The molecule has 2 aliphatic heterocycles. The second kappa shape index (κ2) is 13.7. The molecule has 266 valence electrons. The van der Waals surface area contributed by atoms with Crippen molar-refractivity contribution in [2.45, 2.75) is 69.6 Å². The number of aliphatic hydroxyl groups excluding tert-OH is 1. The Balaban J connectivity index is 1.15. The van der Waals surface area contributed by atoms with E-state index >= 15 is 0 Å². The van der Waals surface area contributed by atoms with Crippen LogP contribution in [0.1, 0.15) is 35.7 Å². The lowest BCUT2D eigenvalue weighted by molar-refractivity contribution is -0.146. The molecule has 0 saturated carbocycles. The highest BCUT2D eigenvalue weighted by Crippen LogP contribution is 2.60. The number of nitrogens with one attached hydrogen (secondary N) is 2. The highest BCUT2D eigenvalue weighted by molar-refractivity contribution is 6.71. The number of rotatable bonds is 12. The van der Waals surface area contributed by atoms with Gasteiger partial charge in [-0.2, -0.15) is 0 Å². The van der Waals surface area contributed by atoms with E-state index in [2.05, 4.69) is 20.6 Å². The van der Waals surface area contributed by atoms with Crippen molar-refractivity contribution in [1.29, 1.82) is 0 Å². The molecule has 12 nitrogen and oxygen atoms in total. The second-order valence-electron chi connectivity index (χ2n) is 14.2. The molecule has 4 N–H and O–H groups in total. The Bertz CT molecular complexity index is 2070. The predicted octanol–water partition coefficient (Wildman–Crippen LogP) is 4.92. The van der Waals surface area contributed by atoms with Gasteiger partial charge >= 0.3 is 0 Å². The number of nitrogens with zero attached hydrogens (tertiary/aromatic N) is 4. The summed E-state index contributed by atoms with van der Waals surface area (Å²) in [5.74, 6) is -0.0581. The number of carbonyl (C=O) groups excluding carboxylic acids is 2. The van der Waals surface area contributed by atoms with Gasteiger partial charge in [0, 0.05) is 65.6 Å². The molecule has 7 rings (SSSR count). The van der Waals surface area contributed by atoms with Crippen LogP contribution in [-0.2, 0) is 45.9 Å². The summed E-state index contributed by atoms with van der Waals surface area (Å²) in [5, 5.41) is 21.7. The summed E-state index contributed by atoms with van der Waals surface area (Å²) in [6.07, 6.45) is 4.41. The normalized spacial score (nSPS) is 21.5. The smallest absolute Gasteiger partial charge is 0.264 e. The summed E-state index contributed by atoms with van der Waals surface area (Å²) >= 11 is 0. The van der Waals surface area contributed by atoms with Gasteiger partial charge in [-0.1, -0.05) is 42.5 Å². The third-order valence-corrected chi connectivity index (χ3v) is 12.9. The van der Waals surface area contributed by atoms with Crippen LogP contribution in [0.2, 0.25) is 18.6 Å². The molecule has 4 atom stereocenters. The number of aliphatic hydroxyl groups is 1. The first-order chi connectivity index (χ1) is 24.5. The number of carbonyl (C=O) groups is 2. The van der Waals surface area contributed by atoms with Crippen molar-refractivity contribution in [3.8, 4) is 5.75 Å². The predicted molar refractivity (Wildman–Crippen MR) is 196 cm³/mol. The van der Waals surface area contributed by atoms with Crippen LogP contribution in [0.25, 0.3) is 10.9 Å². The zero-order valence-corrected chi connectivity index (χ0v) is 30.3. The zero-order chi connectivity index (χ0) is 35.9. The van der Waals surface area contributed by atoms with Crippen molar-refractivity contribution in [2.24, 2.45) is 5.92 Å². The van der Waals surface area contributed by atoms with E-state index in [0.717, 1.165) is 33.3 Å². The molecule has 1 spiro atoms. The first kappa shape index (κ1) is 34.6. The molecule has 1 fully saturated rings. The number of aryl methyl sites for hydroxylation is 1. The molecule has 3 aromatic carbocycles. The Morgan fingerprint density at radius 2 is 1.96 bits per heavy atom. The molecule has 0 unspecified atom stereocenters. The van der Waals surface area contributed by atoms with Crippen molar-refractivity contribution in [1.82, 2.24) is 20.0 Å². The number of anilines is 2. The van der Waals surface area contributed by atoms with E-state index in [4.69, 9.17) is 9.47 Å². The van der Waals surface area contributed by atoms with E-state index in [9.17, 15) is 19.5 Å². The van der Waals surface area contributed by atoms with Gasteiger partial charge in [0.25, 0.3) is 5.91 Å². The van der Waals surface area contributed by atoms with Crippen molar-refractivity contribution in [3.05, 3.63) is 102 Å². The minimum Gasteiger partial charge on any atom is -0.497 e. The Morgan fingerprint density at radius 3 is 2.75 bits per heavy atom. The standard InChI is InChI=1S/C38H44N6O6Si/c1-24-36(51(3,4)48)34(14-16-43-23-28(15-17-45)41-42-43)50-38(24)31-20-29(49-2)12-13-33(31)44(37(38)47)22-25-8-7-9-27(18-25)40-35(46)19-26-21-39-32-11-6-5-10-30(26)32/h5-13,18,20-21,23-24,34,36,39,45,48H,14-17,19,22H2,1-4H3,(H,40,46)/t24-,34+,36-,38+/m1/s1. The van der Waals surface area contributed by atoms with Crippen LogP contribution in [0.5, 0.6) is 5.75 Å². The molecule has 13 heteroatoms. The third kappa shape index (κ3) is 6.46. The van der Waals surface area contributed by atoms with Crippen molar-refractivity contribution >= 4 is 42.4 Å². The molecule has 1 saturated heterocycles. The van der Waals surface area contributed by atoms with Gasteiger partial charge in [-0.25, -0.2) is 0 Å². The minimum atomic E-state index is -2.87. The highest BCUT2D eigenvalue weighted by Gasteiger charge is 2.66. The Hall–Kier alpha value is -4.82. The fourth-order valence-electron chi connectivity index (χ4n) is 8.13. The fraction of sp³-hybridized carbons (Fsp3) is 0.368. The van der Waals surface area contributed by atoms with Crippen LogP contribution in [-0.4, -0.2) is 69.8 Å². The van der Waals surface area contributed by atoms with E-state index in [1.165, 1.54) is 0 Å². The quantitative estimate of drug-likeness (QED) is 0.133. The van der Waals surface area contributed by atoms with Gasteiger partial charge in [0.05, 0.1) is 37.6 Å². The molecular formula is C38H44N6O6Si. The van der Waals surface area contributed by atoms with Crippen LogP contribution in [0.3, 0.4) is 0 Å². The number of amides is 2. The first-order valence-corrected chi connectivity index (χ1v) is 20.4. The highest BCUT2D eigenvalue weighted by atomic mass is 28.4. The number of H-pyrrole nitrogens is 1. The molecule has 0 bridgehead atoms. The topological polar surface area (TPSA) is 155 Å². The SMILES string of the molecule is COc1ccc2c(c1)[C@]1(O[C@@H](CCn3cc(CCO)nn3)[C@H]([Si](C)(C)O)[C@H]1C)C(=O)N2Cc1cccc(NC(=O)Cc2c[nH]c3ccccc23)c1. The number of ether oxygens (including phenoxy) is 2. The van der Waals surface area contributed by atoms with E-state index in [0.29, 0.717) is 36.5 Å². The lowest BCUT2D eigenvalue weighted by atomic mass is 9.82. The number of aromatic nitrogens is 4. The van der Waals surface area contributed by atoms with Gasteiger partial charge in [0.1, 0.15) is 5.75 Å². The van der Waals surface area contributed by atoms with Gasteiger partial charge in [-0.15, -0.1) is 5.10 Å². The summed E-state index contributed by atoms with van der Waals surface area (Å²) < 4.78 is 14.3. The van der Waals surface area contributed by atoms with Gasteiger partial charge < -0.3 is 34.6 Å². The second-order valence-corrected chi connectivity index (χ2v) is 18.1. The maximum atomic E-state index is 14.9. The number of hydrogen-bond donors (Lipinski definition) is 4. The summed E-state index contributed by atoms with van der Waals surface area (Å²) in [7, 11) is -1.27. The van der Waals surface area contributed by atoms with Gasteiger partial charge in [0.2, 0.25) is 5.91 Å². The molecule has 51 heavy (non-hydrogen) atoms. The maximum Gasteiger partial charge on any atom is 0.264 e. The average Bonchev–Trinajstić information content (AvgIpc) is 3.86. The van der Waals surface area contributed by atoms with Crippen LogP contribution >= 0.6 is 0 Å². The van der Waals surface area contributed by atoms with E-state index in [-0.39, 0.29) is 42.8 Å². The maximum absolute atomic E-state index is 14.9. The number of methoxy groups -OCH3 is 1. The number of hydrogen-bond acceptors (Lipinski definition) is 8. The average molecular weight is 709 g/mol. The molecule has 2 aromatic heterocycles. The van der Waals surface area contributed by atoms with Gasteiger partial charge in [-0.3, -0.25) is 14.3 Å². The lowest BCUT2D eigenvalue weighted by Gasteiger charge is -2.32. The largest absolute Gasteiger partial charge is 0.497 e. The summed E-state index contributed by atoms with van der Waals surface area (Å²) in [6.45, 7) is 6.54. The Morgan fingerprint density at radius 1 is 1.14 bits per heavy atom. The first-order valence-electron chi connectivity index (χ1n) is 17.4. The fourth-order valence-corrected chi connectivity index (χ4v) is 10.7. The lowest BCUT2D eigenvalue weighted by Crippen LogP contribution is -2.46. The van der Waals surface area contributed by atoms with Crippen LogP contribution < -0.4 is 15.0 Å². The summed E-state index contributed by atoms with van der Waals surface area (Å²) in [5.41, 5.74) is 3.95. The molecule has 4 heterocycles. The van der Waals surface area contributed by atoms with Crippen LogP contribution in [0.4, 0.5) is 11.4 Å². The van der Waals surface area contributed by atoms with E-state index in [1.54, 1.807) is 16.7 Å². The van der Waals surface area contributed by atoms with Gasteiger partial charge in [-0.05, 0) is 67.0 Å². The summed E-state index contributed by atoms with van der Waals surface area (Å²) in [6, 6.07) is 21.1. The molecule has 0 radical (unpaired) electrons. The number of benzene rings is 3. The molecule has 5 aromatic rings. The molecular weight excluding hydrogens is 665 g/mol. The monoisotopic (exact) mass is 708 g/mol. The van der Waals surface area contributed by atoms with Crippen LogP contribution in [0.15, 0.2) is 79.1 Å². The Labute approximate surface area is 297 Å². The molecule has 2 aliphatic rings. The number of para-hydroxylation sites is 1. The molecule has 0 aliphatic carbocycles. The van der Waals surface area contributed by atoms with Crippen molar-refractivity contribution in [2.75, 3.05) is 23.9 Å².